The number of ether oxygens (including phenoxy) is 2. The predicted molar refractivity (Wildman–Crippen MR) is 139 cm³/mol. The molecule has 0 unspecified atom stereocenters. The van der Waals surface area contributed by atoms with Crippen molar-refractivity contribution in [3.8, 4) is 23.0 Å². The Morgan fingerprint density at radius 2 is 1.72 bits per heavy atom. The minimum atomic E-state index is -0.814. The zero-order chi connectivity index (χ0) is 25.8. The number of hydrogen-bond acceptors (Lipinski definition) is 6. The topological polar surface area (TPSA) is 93.8 Å². The van der Waals surface area contributed by atoms with Gasteiger partial charge in [0.25, 0.3) is 0 Å². The minimum absolute atomic E-state index is 0.204. The molecule has 0 saturated carbocycles. The number of hydrogen-bond donors (Lipinski definition) is 2. The third-order valence-corrected chi connectivity index (χ3v) is 5.63. The van der Waals surface area contributed by atoms with Gasteiger partial charge < -0.3 is 24.3 Å². The Balaban J connectivity index is 1.46. The van der Waals surface area contributed by atoms with E-state index in [1.54, 1.807) is 27.7 Å². The van der Waals surface area contributed by atoms with Crippen LogP contribution in [0.4, 0.5) is 4.79 Å². The molecule has 0 aliphatic rings. The minimum Gasteiger partial charge on any atom is -0.457 e. The first-order valence-electron chi connectivity index (χ1n) is 12.0. The van der Waals surface area contributed by atoms with Crippen molar-refractivity contribution in [2.75, 3.05) is 6.61 Å². The maximum atomic E-state index is 12.2. The SMILES string of the molecule is CC(C)(C)OC(=O)N[C@@](C)(CO)CCc1ccc2oc(-c3cccc(Oc4ccccc4)c3)nc2c1. The Hall–Kier alpha value is -3.84. The first kappa shape index (κ1) is 25.3. The van der Waals surface area contributed by atoms with Gasteiger partial charge in [-0.1, -0.05) is 30.3 Å². The average Bonchev–Trinajstić information content (AvgIpc) is 3.26. The maximum absolute atomic E-state index is 12.2. The van der Waals surface area contributed by atoms with Crippen LogP contribution in [-0.2, 0) is 11.2 Å². The van der Waals surface area contributed by atoms with Crippen molar-refractivity contribution in [3.63, 3.8) is 0 Å². The van der Waals surface area contributed by atoms with Crippen LogP contribution in [0, 0.1) is 0 Å². The summed E-state index contributed by atoms with van der Waals surface area (Å²) in [6.45, 7) is 7.00. The lowest BCUT2D eigenvalue weighted by molar-refractivity contribution is 0.0407. The van der Waals surface area contributed by atoms with E-state index in [0.29, 0.717) is 30.1 Å². The number of carbonyl (C=O) groups excluding carboxylic acids is 1. The summed E-state index contributed by atoms with van der Waals surface area (Å²) in [6, 6.07) is 23.0. The van der Waals surface area contributed by atoms with Crippen molar-refractivity contribution in [2.24, 2.45) is 0 Å². The highest BCUT2D eigenvalue weighted by Gasteiger charge is 2.28. The molecule has 0 fully saturated rings. The van der Waals surface area contributed by atoms with Gasteiger partial charge in [-0.3, -0.25) is 0 Å². The number of oxazole rings is 1. The largest absolute Gasteiger partial charge is 0.457 e. The van der Waals surface area contributed by atoms with Crippen molar-refractivity contribution < 1.29 is 23.8 Å². The van der Waals surface area contributed by atoms with Crippen LogP contribution in [0.2, 0.25) is 0 Å². The van der Waals surface area contributed by atoms with Crippen LogP contribution >= 0.6 is 0 Å². The van der Waals surface area contributed by atoms with Gasteiger partial charge in [0.05, 0.1) is 12.1 Å². The average molecular weight is 489 g/mol. The predicted octanol–water partition coefficient (Wildman–Crippen LogP) is 6.50. The van der Waals surface area contributed by atoms with E-state index < -0.39 is 17.2 Å². The Labute approximate surface area is 211 Å². The molecule has 4 aromatic rings. The van der Waals surface area contributed by atoms with Crippen LogP contribution in [0.5, 0.6) is 11.5 Å². The second-order valence-corrected chi connectivity index (χ2v) is 10.1. The van der Waals surface area contributed by atoms with Gasteiger partial charge >= 0.3 is 6.09 Å². The number of aromatic nitrogens is 1. The highest BCUT2D eigenvalue weighted by molar-refractivity contribution is 5.77. The highest BCUT2D eigenvalue weighted by Crippen LogP contribution is 2.30. The quantitative estimate of drug-likeness (QED) is 0.294. The van der Waals surface area contributed by atoms with Crippen molar-refractivity contribution in [1.29, 1.82) is 0 Å². The fourth-order valence-corrected chi connectivity index (χ4v) is 3.72. The van der Waals surface area contributed by atoms with E-state index in [1.807, 2.05) is 72.8 Å². The second-order valence-electron chi connectivity index (χ2n) is 10.1. The second kappa shape index (κ2) is 10.4. The summed E-state index contributed by atoms with van der Waals surface area (Å²) >= 11 is 0. The molecule has 36 heavy (non-hydrogen) atoms. The van der Waals surface area contributed by atoms with E-state index in [9.17, 15) is 9.90 Å². The van der Waals surface area contributed by atoms with Gasteiger partial charge in [-0.25, -0.2) is 9.78 Å². The first-order chi connectivity index (χ1) is 17.1. The summed E-state index contributed by atoms with van der Waals surface area (Å²) in [5, 5.41) is 12.7. The number of nitrogens with zero attached hydrogens (tertiary/aromatic N) is 1. The molecule has 0 radical (unpaired) electrons. The lowest BCUT2D eigenvalue weighted by Crippen LogP contribution is -2.50. The number of alkyl carbamates (subject to hydrolysis) is 1. The van der Waals surface area contributed by atoms with Gasteiger partial charge in [0.2, 0.25) is 5.89 Å². The van der Waals surface area contributed by atoms with Gasteiger partial charge in [-0.15, -0.1) is 0 Å². The molecular formula is C29H32N2O5. The van der Waals surface area contributed by atoms with E-state index in [1.165, 1.54) is 0 Å². The van der Waals surface area contributed by atoms with E-state index in [2.05, 4.69) is 10.3 Å². The third kappa shape index (κ3) is 6.64. The number of fused-ring (bicyclic) bond motifs is 1. The standard InChI is InChI=1S/C29H32N2O5/c1-28(2,3)36-27(33)31-29(4,19-32)16-15-20-13-14-25-24(17-20)30-26(35-25)21-9-8-12-23(18-21)34-22-10-6-5-7-11-22/h5-14,17-18,32H,15-16,19H2,1-4H3,(H,31,33)/t29-/m1/s1. The zero-order valence-corrected chi connectivity index (χ0v) is 21.1. The molecule has 1 atom stereocenters. The van der Waals surface area contributed by atoms with Gasteiger partial charge in [-0.2, -0.15) is 0 Å². The maximum Gasteiger partial charge on any atom is 0.408 e. The Kier molecular flexibility index (Phi) is 7.31. The lowest BCUT2D eigenvalue weighted by Gasteiger charge is -2.30. The molecule has 1 aromatic heterocycles. The smallest absolute Gasteiger partial charge is 0.408 e. The number of aliphatic hydroxyl groups is 1. The molecule has 4 rings (SSSR count). The lowest BCUT2D eigenvalue weighted by atomic mass is 9.94. The molecule has 188 valence electrons. The number of carbonyl (C=O) groups is 1. The normalized spacial score (nSPS) is 13.2. The van der Waals surface area contributed by atoms with Crippen LogP contribution in [0.3, 0.4) is 0 Å². The van der Waals surface area contributed by atoms with Crippen LogP contribution in [-0.4, -0.2) is 33.9 Å². The number of aryl methyl sites for hydroxylation is 1. The summed E-state index contributed by atoms with van der Waals surface area (Å²) in [4.78, 5) is 16.9. The number of para-hydroxylation sites is 1. The summed E-state index contributed by atoms with van der Waals surface area (Å²) < 4.78 is 17.3. The van der Waals surface area contributed by atoms with Crippen molar-refractivity contribution in [2.45, 2.75) is 51.7 Å². The molecule has 1 amide bonds. The molecule has 0 aliphatic heterocycles. The number of rotatable bonds is 8. The van der Waals surface area contributed by atoms with Crippen LogP contribution in [0.1, 0.15) is 39.7 Å². The first-order valence-corrected chi connectivity index (χ1v) is 12.0. The van der Waals surface area contributed by atoms with E-state index in [4.69, 9.17) is 13.9 Å². The highest BCUT2D eigenvalue weighted by atomic mass is 16.6. The van der Waals surface area contributed by atoms with Gasteiger partial charge in [0, 0.05) is 5.56 Å². The number of nitrogens with one attached hydrogen (secondary N) is 1. The summed E-state index contributed by atoms with van der Waals surface area (Å²) in [7, 11) is 0. The molecule has 0 aliphatic carbocycles. The Bertz CT molecular complexity index is 1330. The van der Waals surface area contributed by atoms with E-state index in [-0.39, 0.29) is 6.61 Å². The van der Waals surface area contributed by atoms with Gasteiger partial charge in [-0.05, 0) is 88.6 Å². The fourth-order valence-electron chi connectivity index (χ4n) is 3.72. The van der Waals surface area contributed by atoms with Crippen molar-refractivity contribution in [3.05, 3.63) is 78.4 Å². The summed E-state index contributed by atoms with van der Waals surface area (Å²) in [6.07, 6.45) is 0.609. The van der Waals surface area contributed by atoms with Crippen LogP contribution in [0.15, 0.2) is 77.2 Å². The number of amides is 1. The van der Waals surface area contributed by atoms with Crippen molar-refractivity contribution in [1.82, 2.24) is 10.3 Å². The summed E-state index contributed by atoms with van der Waals surface area (Å²) in [5.41, 5.74) is 1.84. The Morgan fingerprint density at radius 1 is 0.972 bits per heavy atom. The Morgan fingerprint density at radius 3 is 2.44 bits per heavy atom. The van der Waals surface area contributed by atoms with E-state index >= 15 is 0 Å². The van der Waals surface area contributed by atoms with E-state index in [0.717, 1.165) is 22.4 Å². The molecule has 7 nitrogen and oxygen atoms in total. The summed E-state index contributed by atoms with van der Waals surface area (Å²) in [5.74, 6) is 1.96. The number of benzene rings is 3. The molecular weight excluding hydrogens is 456 g/mol. The molecule has 2 N–H and O–H groups in total. The van der Waals surface area contributed by atoms with Gasteiger partial charge in [0.1, 0.15) is 22.6 Å². The molecule has 1 heterocycles. The molecule has 3 aromatic carbocycles. The fraction of sp³-hybridized carbons (Fsp3) is 0.310. The molecule has 7 heteroatoms. The molecule has 0 saturated heterocycles. The van der Waals surface area contributed by atoms with Crippen molar-refractivity contribution >= 4 is 17.2 Å². The zero-order valence-electron chi connectivity index (χ0n) is 21.1. The third-order valence-electron chi connectivity index (χ3n) is 5.63. The van der Waals surface area contributed by atoms with Gasteiger partial charge in [0.15, 0.2) is 5.58 Å². The van der Waals surface area contributed by atoms with Crippen LogP contribution in [0.25, 0.3) is 22.6 Å². The molecule has 0 spiro atoms. The molecule has 0 bridgehead atoms. The number of aliphatic hydroxyl groups excluding tert-OH is 1. The monoisotopic (exact) mass is 488 g/mol. The van der Waals surface area contributed by atoms with Crippen LogP contribution < -0.4 is 10.1 Å².